The molecule has 0 bridgehead atoms. The SMILES string of the molecule is Nc1c([N+](=O)[O-])cc(I)c(F)c1Cl. The highest BCUT2D eigenvalue weighted by Crippen LogP contribution is 2.34. The average Bonchev–Trinajstić information content (AvgIpc) is 2.07. The molecule has 0 atom stereocenters. The van der Waals surface area contributed by atoms with Gasteiger partial charge in [0.05, 0.1) is 8.49 Å². The summed E-state index contributed by atoms with van der Waals surface area (Å²) in [6, 6.07) is 1.04. The zero-order valence-corrected chi connectivity index (χ0v) is 8.97. The molecular formula is C6H3ClFIN2O2. The van der Waals surface area contributed by atoms with Gasteiger partial charge in [0.1, 0.15) is 10.7 Å². The number of nitrogens with zero attached hydrogens (tertiary/aromatic N) is 1. The molecule has 2 N–H and O–H groups in total. The van der Waals surface area contributed by atoms with E-state index in [2.05, 4.69) is 0 Å². The molecule has 0 fully saturated rings. The fourth-order valence-electron chi connectivity index (χ4n) is 0.748. The Morgan fingerprint density at radius 3 is 2.69 bits per heavy atom. The second-order valence-corrected chi connectivity index (χ2v) is 3.72. The number of nitrogen functional groups attached to an aromatic ring is 1. The van der Waals surface area contributed by atoms with Crippen LogP contribution in [0, 0.1) is 19.5 Å². The van der Waals surface area contributed by atoms with Crippen molar-refractivity contribution >= 4 is 45.6 Å². The molecule has 7 heteroatoms. The molecule has 0 aliphatic carbocycles. The molecule has 1 aromatic carbocycles. The number of rotatable bonds is 1. The molecule has 13 heavy (non-hydrogen) atoms. The molecule has 0 amide bonds. The Bertz CT molecular complexity index is 385. The second-order valence-electron chi connectivity index (χ2n) is 2.18. The summed E-state index contributed by atoms with van der Waals surface area (Å²) in [4.78, 5) is 9.67. The van der Waals surface area contributed by atoms with Crippen molar-refractivity contribution in [2.75, 3.05) is 5.73 Å². The summed E-state index contributed by atoms with van der Waals surface area (Å²) in [6.07, 6.45) is 0. The molecule has 0 aliphatic rings. The molecule has 0 aromatic heterocycles. The standard InChI is InChI=1S/C6H3ClFIN2O2/c7-4-5(8)2(9)1-3(6(4)10)11(12)13/h1H,10H2. The summed E-state index contributed by atoms with van der Waals surface area (Å²) in [5, 5.41) is 9.97. The summed E-state index contributed by atoms with van der Waals surface area (Å²) < 4.78 is 13.1. The Labute approximate surface area is 91.2 Å². The molecule has 0 saturated heterocycles. The van der Waals surface area contributed by atoms with Gasteiger partial charge in [0, 0.05) is 6.07 Å². The number of benzene rings is 1. The van der Waals surface area contributed by atoms with E-state index in [1.165, 1.54) is 0 Å². The lowest BCUT2D eigenvalue weighted by Crippen LogP contribution is -1.99. The van der Waals surface area contributed by atoms with Crippen molar-refractivity contribution in [3.8, 4) is 0 Å². The first-order chi connectivity index (χ1) is 5.95. The van der Waals surface area contributed by atoms with Crippen LogP contribution in [0.3, 0.4) is 0 Å². The van der Waals surface area contributed by atoms with Gasteiger partial charge in [-0.05, 0) is 22.6 Å². The second kappa shape index (κ2) is 3.62. The predicted octanol–water partition coefficient (Wildman–Crippen LogP) is 2.57. The van der Waals surface area contributed by atoms with E-state index >= 15 is 0 Å². The van der Waals surface area contributed by atoms with Crippen LogP contribution in [0.4, 0.5) is 15.8 Å². The van der Waals surface area contributed by atoms with Gasteiger partial charge in [0.2, 0.25) is 0 Å². The molecule has 0 saturated carbocycles. The van der Waals surface area contributed by atoms with Crippen LogP contribution in [0.1, 0.15) is 0 Å². The van der Waals surface area contributed by atoms with Crippen LogP contribution in [-0.2, 0) is 0 Å². The normalized spacial score (nSPS) is 10.1. The van der Waals surface area contributed by atoms with E-state index in [0.717, 1.165) is 6.07 Å². The number of hydrogen-bond donors (Lipinski definition) is 1. The first-order valence-electron chi connectivity index (χ1n) is 3.02. The van der Waals surface area contributed by atoms with Crippen molar-refractivity contribution in [1.29, 1.82) is 0 Å². The highest BCUT2D eigenvalue weighted by molar-refractivity contribution is 14.1. The van der Waals surface area contributed by atoms with Crippen LogP contribution < -0.4 is 5.73 Å². The first-order valence-corrected chi connectivity index (χ1v) is 4.48. The zero-order chi connectivity index (χ0) is 10.2. The number of hydrogen-bond acceptors (Lipinski definition) is 3. The number of nitro groups is 1. The Hall–Kier alpha value is -0.630. The highest BCUT2D eigenvalue weighted by atomic mass is 127. The van der Waals surface area contributed by atoms with E-state index in [1.54, 1.807) is 22.6 Å². The Morgan fingerprint density at radius 1 is 1.69 bits per heavy atom. The quantitative estimate of drug-likeness (QED) is 0.285. The topological polar surface area (TPSA) is 69.2 Å². The summed E-state index contributed by atoms with van der Waals surface area (Å²) >= 11 is 7.03. The molecule has 1 rings (SSSR count). The molecule has 1 aromatic rings. The van der Waals surface area contributed by atoms with Crippen LogP contribution in [0.25, 0.3) is 0 Å². The molecule has 0 unspecified atom stereocenters. The van der Waals surface area contributed by atoms with E-state index in [-0.39, 0.29) is 14.9 Å². The van der Waals surface area contributed by atoms with Gasteiger partial charge in [-0.25, -0.2) is 4.39 Å². The van der Waals surface area contributed by atoms with Gasteiger partial charge in [-0.1, -0.05) is 11.6 Å². The first kappa shape index (κ1) is 10.5. The lowest BCUT2D eigenvalue weighted by molar-refractivity contribution is -0.384. The van der Waals surface area contributed by atoms with Gasteiger partial charge in [-0.2, -0.15) is 0 Å². The van der Waals surface area contributed by atoms with Crippen molar-refractivity contribution in [2.45, 2.75) is 0 Å². The fraction of sp³-hybridized carbons (Fsp3) is 0. The largest absolute Gasteiger partial charge is 0.392 e. The minimum Gasteiger partial charge on any atom is -0.392 e. The van der Waals surface area contributed by atoms with Gasteiger partial charge >= 0.3 is 0 Å². The van der Waals surface area contributed by atoms with E-state index < -0.39 is 15.8 Å². The lowest BCUT2D eigenvalue weighted by Gasteiger charge is -2.02. The van der Waals surface area contributed by atoms with Gasteiger partial charge in [-0.3, -0.25) is 10.1 Å². The Balaban J connectivity index is 3.50. The molecule has 4 nitrogen and oxygen atoms in total. The van der Waals surface area contributed by atoms with Crippen LogP contribution in [0.5, 0.6) is 0 Å². The monoisotopic (exact) mass is 316 g/mol. The Morgan fingerprint density at radius 2 is 2.23 bits per heavy atom. The van der Waals surface area contributed by atoms with Crippen molar-refractivity contribution < 1.29 is 9.31 Å². The molecular weight excluding hydrogens is 313 g/mol. The minimum absolute atomic E-state index is 0.0727. The van der Waals surface area contributed by atoms with Crippen molar-refractivity contribution in [3.05, 3.63) is 30.6 Å². The van der Waals surface area contributed by atoms with Gasteiger partial charge in [0.25, 0.3) is 5.69 Å². The predicted molar refractivity (Wildman–Crippen MR) is 55.2 cm³/mol. The van der Waals surface area contributed by atoms with Crippen molar-refractivity contribution in [2.24, 2.45) is 0 Å². The van der Waals surface area contributed by atoms with Crippen LogP contribution in [0.15, 0.2) is 6.07 Å². The summed E-state index contributed by atoms with van der Waals surface area (Å²) in [5.74, 6) is -0.731. The van der Waals surface area contributed by atoms with Crippen LogP contribution in [-0.4, -0.2) is 4.92 Å². The molecule has 0 radical (unpaired) electrons. The van der Waals surface area contributed by atoms with E-state index in [1.807, 2.05) is 0 Å². The van der Waals surface area contributed by atoms with Crippen LogP contribution >= 0.6 is 34.2 Å². The zero-order valence-electron chi connectivity index (χ0n) is 6.05. The summed E-state index contributed by atoms with van der Waals surface area (Å²) in [6.45, 7) is 0. The Kier molecular flexibility index (Phi) is 2.91. The maximum atomic E-state index is 13.0. The van der Waals surface area contributed by atoms with E-state index in [9.17, 15) is 14.5 Å². The smallest absolute Gasteiger partial charge is 0.294 e. The molecule has 70 valence electrons. The lowest BCUT2D eigenvalue weighted by atomic mass is 10.2. The van der Waals surface area contributed by atoms with Gasteiger partial charge in [-0.15, -0.1) is 0 Å². The third-order valence-electron chi connectivity index (χ3n) is 1.37. The summed E-state index contributed by atoms with van der Waals surface area (Å²) in [7, 11) is 0. The number of anilines is 1. The maximum absolute atomic E-state index is 13.0. The molecule has 0 spiro atoms. The molecule has 0 heterocycles. The van der Waals surface area contributed by atoms with Crippen LogP contribution in [0.2, 0.25) is 5.02 Å². The number of nitrogens with two attached hydrogens (primary N) is 1. The number of nitro benzene ring substituents is 1. The number of halogens is 3. The van der Waals surface area contributed by atoms with Crippen molar-refractivity contribution in [1.82, 2.24) is 0 Å². The van der Waals surface area contributed by atoms with E-state index in [4.69, 9.17) is 17.3 Å². The van der Waals surface area contributed by atoms with Gasteiger partial charge < -0.3 is 5.73 Å². The third kappa shape index (κ3) is 1.83. The molecule has 0 aliphatic heterocycles. The minimum atomic E-state index is -0.731. The third-order valence-corrected chi connectivity index (χ3v) is 2.53. The average molecular weight is 316 g/mol. The van der Waals surface area contributed by atoms with E-state index in [0.29, 0.717) is 0 Å². The van der Waals surface area contributed by atoms with Crippen molar-refractivity contribution in [3.63, 3.8) is 0 Å². The highest BCUT2D eigenvalue weighted by Gasteiger charge is 2.20. The summed E-state index contributed by atoms with van der Waals surface area (Å²) in [5.41, 5.74) is 4.51. The van der Waals surface area contributed by atoms with Gasteiger partial charge in [0.15, 0.2) is 5.82 Å². The fourth-order valence-corrected chi connectivity index (χ4v) is 1.67. The maximum Gasteiger partial charge on any atom is 0.294 e.